The molecule has 0 bridgehead atoms. The number of nitrogens with one attached hydrogen (secondary N) is 1. The molecular formula is C52H85NO5. The van der Waals surface area contributed by atoms with Crippen molar-refractivity contribution in [3.63, 3.8) is 0 Å². The van der Waals surface area contributed by atoms with Gasteiger partial charge in [0.25, 0.3) is 0 Å². The Kier molecular flexibility index (Phi) is 41.9. The molecule has 0 rings (SSSR count). The van der Waals surface area contributed by atoms with Crippen molar-refractivity contribution < 1.29 is 24.5 Å². The van der Waals surface area contributed by atoms with Crippen LogP contribution in [0.5, 0.6) is 0 Å². The number of aliphatic hydroxyl groups is 2. The lowest BCUT2D eigenvalue weighted by atomic mass is 10.0. The van der Waals surface area contributed by atoms with E-state index in [1.807, 2.05) is 54.7 Å². The highest BCUT2D eigenvalue weighted by atomic mass is 16.5. The van der Waals surface area contributed by atoms with Crippen molar-refractivity contribution in [1.29, 1.82) is 0 Å². The Morgan fingerprint density at radius 1 is 0.552 bits per heavy atom. The summed E-state index contributed by atoms with van der Waals surface area (Å²) >= 11 is 0. The van der Waals surface area contributed by atoms with Gasteiger partial charge in [0.1, 0.15) is 6.10 Å². The summed E-state index contributed by atoms with van der Waals surface area (Å²) in [6.07, 6.45) is 60.3. The molecule has 0 aliphatic carbocycles. The largest absolute Gasteiger partial charge is 0.461 e. The quantitative estimate of drug-likeness (QED) is 0.0249. The van der Waals surface area contributed by atoms with Crippen molar-refractivity contribution in [2.45, 2.75) is 200 Å². The molecule has 0 aliphatic rings. The first-order chi connectivity index (χ1) is 28.5. The number of amides is 1. The van der Waals surface area contributed by atoms with Gasteiger partial charge in [-0.25, -0.2) is 0 Å². The molecule has 58 heavy (non-hydrogen) atoms. The number of rotatable bonds is 39. The fraction of sp³-hybridized carbons (Fsp3) is 0.615. The lowest BCUT2D eigenvalue weighted by Gasteiger charge is -2.24. The molecule has 0 saturated carbocycles. The van der Waals surface area contributed by atoms with Gasteiger partial charge in [-0.2, -0.15) is 0 Å². The van der Waals surface area contributed by atoms with Gasteiger partial charge in [0, 0.05) is 12.8 Å². The summed E-state index contributed by atoms with van der Waals surface area (Å²) in [6.45, 7) is 6.21. The predicted octanol–water partition coefficient (Wildman–Crippen LogP) is 13.6. The van der Waals surface area contributed by atoms with Crippen LogP contribution in [0.3, 0.4) is 0 Å². The van der Waals surface area contributed by atoms with Crippen molar-refractivity contribution in [3.05, 3.63) is 109 Å². The van der Waals surface area contributed by atoms with Crippen LogP contribution in [-0.4, -0.2) is 46.9 Å². The minimum Gasteiger partial charge on any atom is -0.461 e. The number of carbonyl (C=O) groups is 2. The van der Waals surface area contributed by atoms with E-state index in [1.54, 1.807) is 0 Å². The maximum Gasteiger partial charge on any atom is 0.306 e. The first kappa shape index (κ1) is 54.5. The molecule has 3 unspecified atom stereocenters. The summed E-state index contributed by atoms with van der Waals surface area (Å²) in [4.78, 5) is 25.9. The summed E-state index contributed by atoms with van der Waals surface area (Å²) in [7, 11) is 0. The topological polar surface area (TPSA) is 95.9 Å². The van der Waals surface area contributed by atoms with Crippen LogP contribution in [-0.2, 0) is 14.3 Å². The second-order valence-electron chi connectivity index (χ2n) is 15.2. The molecule has 3 atom stereocenters. The van der Waals surface area contributed by atoms with Gasteiger partial charge >= 0.3 is 5.97 Å². The third-order valence-electron chi connectivity index (χ3n) is 9.72. The summed E-state index contributed by atoms with van der Waals surface area (Å²) in [6, 6.07) is -0.751. The Labute approximate surface area is 356 Å². The molecule has 0 aromatic carbocycles. The fourth-order valence-electron chi connectivity index (χ4n) is 6.20. The number of ether oxygens (including phenoxy) is 1. The Morgan fingerprint density at radius 2 is 1.02 bits per heavy atom. The summed E-state index contributed by atoms with van der Waals surface area (Å²) in [5.74, 6) is -0.659. The number of aliphatic hydroxyl groups excluding tert-OH is 2. The van der Waals surface area contributed by atoms with Crippen LogP contribution in [0.1, 0.15) is 181 Å². The molecule has 0 aromatic rings. The molecule has 1 amide bonds. The smallest absolute Gasteiger partial charge is 0.306 e. The van der Waals surface area contributed by atoms with E-state index in [1.165, 1.54) is 64.2 Å². The minimum atomic E-state index is -0.828. The Hall–Kier alpha value is -3.48. The van der Waals surface area contributed by atoms with Gasteiger partial charge in [0.2, 0.25) is 5.91 Å². The van der Waals surface area contributed by atoms with Gasteiger partial charge in [-0.15, -0.1) is 0 Å². The Morgan fingerprint density at radius 3 is 1.57 bits per heavy atom. The van der Waals surface area contributed by atoms with Crippen molar-refractivity contribution in [3.8, 4) is 0 Å². The lowest BCUT2D eigenvalue weighted by Crippen LogP contribution is -2.46. The zero-order valence-electron chi connectivity index (χ0n) is 37.1. The summed E-state index contributed by atoms with van der Waals surface area (Å²) in [5, 5.41) is 23.5. The van der Waals surface area contributed by atoms with E-state index < -0.39 is 18.2 Å². The van der Waals surface area contributed by atoms with Crippen LogP contribution in [0.4, 0.5) is 0 Å². The number of hydrogen-bond acceptors (Lipinski definition) is 5. The van der Waals surface area contributed by atoms with Gasteiger partial charge in [-0.1, -0.05) is 207 Å². The predicted molar refractivity (Wildman–Crippen MR) is 250 cm³/mol. The van der Waals surface area contributed by atoms with Crippen LogP contribution >= 0.6 is 0 Å². The number of esters is 1. The molecule has 0 radical (unpaired) electrons. The maximum absolute atomic E-state index is 13.1. The molecular weight excluding hydrogens is 719 g/mol. The third kappa shape index (κ3) is 39.4. The molecule has 0 heterocycles. The molecule has 6 heteroatoms. The first-order valence-electron chi connectivity index (χ1n) is 23.2. The fourth-order valence-corrected chi connectivity index (χ4v) is 6.20. The van der Waals surface area contributed by atoms with Gasteiger partial charge in [0.15, 0.2) is 0 Å². The van der Waals surface area contributed by atoms with E-state index in [9.17, 15) is 19.8 Å². The highest BCUT2D eigenvalue weighted by molar-refractivity contribution is 5.77. The summed E-state index contributed by atoms with van der Waals surface area (Å²) in [5.41, 5.74) is 0. The zero-order valence-corrected chi connectivity index (χ0v) is 37.1. The van der Waals surface area contributed by atoms with E-state index in [0.29, 0.717) is 19.3 Å². The standard InChI is InChI=1S/C52H85NO5/c1-4-7-10-13-16-19-21-22-23-24-25-26-27-28-30-33-36-39-42-45-52(57)58-48(43-40-37-34-32-29-20-17-14-11-8-5-2)46-51(56)53-49(47-54)50(55)44-41-38-35-31-18-15-12-9-6-3/h8,11,14,16-17,19-20,22-23,25-26,28-30,32,34,37,40,48-50,54-55H,4-7,9-10,12-13,15,18,21,24,27,31,33,35-36,38-39,41-47H2,1-3H3,(H,53,56)/b11-8+,17-14+,19-16-,23-22-,26-25-,29-20-,30-28-,34-32-,40-37+. The van der Waals surface area contributed by atoms with Crippen LogP contribution in [0.15, 0.2) is 109 Å². The SMILES string of the molecule is CC/C=C/C=C/C=C\C=C/C=C/CC(CC(=O)NC(CO)C(O)CCCCCCCCCCC)OC(=O)CCCCC/C=C\C/C=C\C/C=C\C/C=C\CCCCC. The molecule has 0 saturated heterocycles. The van der Waals surface area contributed by atoms with E-state index >= 15 is 0 Å². The van der Waals surface area contributed by atoms with E-state index in [2.05, 4.69) is 80.8 Å². The molecule has 0 aromatic heterocycles. The highest BCUT2D eigenvalue weighted by Crippen LogP contribution is 2.14. The Bertz CT molecular complexity index is 1220. The van der Waals surface area contributed by atoms with Crippen LogP contribution in [0.25, 0.3) is 0 Å². The second-order valence-corrected chi connectivity index (χ2v) is 15.2. The average molecular weight is 804 g/mol. The molecule has 0 aliphatic heterocycles. The van der Waals surface area contributed by atoms with Gasteiger partial charge in [-0.3, -0.25) is 9.59 Å². The molecule has 0 spiro atoms. The monoisotopic (exact) mass is 804 g/mol. The van der Waals surface area contributed by atoms with E-state index in [4.69, 9.17) is 4.74 Å². The number of allylic oxidation sites excluding steroid dienone is 17. The minimum absolute atomic E-state index is 0.0386. The van der Waals surface area contributed by atoms with Crippen molar-refractivity contribution in [1.82, 2.24) is 5.32 Å². The molecule has 6 nitrogen and oxygen atoms in total. The van der Waals surface area contributed by atoms with Crippen molar-refractivity contribution >= 4 is 11.9 Å². The average Bonchev–Trinajstić information content (AvgIpc) is 3.22. The van der Waals surface area contributed by atoms with E-state index in [0.717, 1.165) is 70.6 Å². The van der Waals surface area contributed by atoms with Crippen molar-refractivity contribution in [2.24, 2.45) is 0 Å². The number of hydrogen-bond donors (Lipinski definition) is 3. The molecule has 3 N–H and O–H groups in total. The third-order valence-corrected chi connectivity index (χ3v) is 9.72. The molecule has 328 valence electrons. The van der Waals surface area contributed by atoms with Crippen LogP contribution in [0, 0.1) is 0 Å². The molecule has 0 fully saturated rings. The number of unbranched alkanes of at least 4 members (excludes halogenated alkanes) is 14. The summed E-state index contributed by atoms with van der Waals surface area (Å²) < 4.78 is 5.80. The lowest BCUT2D eigenvalue weighted by molar-refractivity contribution is -0.150. The van der Waals surface area contributed by atoms with Gasteiger partial charge < -0.3 is 20.3 Å². The van der Waals surface area contributed by atoms with Crippen molar-refractivity contribution in [2.75, 3.05) is 6.61 Å². The normalized spacial score (nSPS) is 14.4. The maximum atomic E-state index is 13.1. The van der Waals surface area contributed by atoms with E-state index in [-0.39, 0.29) is 24.9 Å². The van der Waals surface area contributed by atoms with Crippen LogP contribution in [0.2, 0.25) is 0 Å². The Balaban J connectivity index is 4.75. The number of carbonyl (C=O) groups excluding carboxylic acids is 2. The first-order valence-corrected chi connectivity index (χ1v) is 23.2. The van der Waals surface area contributed by atoms with Gasteiger partial charge in [0.05, 0.1) is 25.2 Å². The zero-order chi connectivity index (χ0) is 42.4. The second kappa shape index (κ2) is 44.6. The highest BCUT2D eigenvalue weighted by Gasteiger charge is 2.23. The van der Waals surface area contributed by atoms with Crippen LogP contribution < -0.4 is 5.32 Å². The van der Waals surface area contributed by atoms with Gasteiger partial charge in [-0.05, 0) is 64.2 Å².